The van der Waals surface area contributed by atoms with Gasteiger partial charge in [0.25, 0.3) is 0 Å². The van der Waals surface area contributed by atoms with Gasteiger partial charge in [0, 0.05) is 26.8 Å². The molecule has 0 aromatic heterocycles. The monoisotopic (exact) mass is 261 g/mol. The molecular formula is C11H13Cl2NS. The molecule has 1 nitrogen and oxygen atoms in total. The van der Waals surface area contributed by atoms with Gasteiger partial charge >= 0.3 is 0 Å². The third-order valence-electron chi connectivity index (χ3n) is 2.67. The summed E-state index contributed by atoms with van der Waals surface area (Å²) >= 11 is 14.1. The zero-order valence-electron chi connectivity index (χ0n) is 8.47. The van der Waals surface area contributed by atoms with Crippen LogP contribution in [-0.2, 0) is 0 Å². The predicted molar refractivity (Wildman–Crippen MR) is 67.9 cm³/mol. The first kappa shape index (κ1) is 11.6. The molecule has 0 aliphatic carbocycles. The number of thioether (sulfide) groups is 1. The molecule has 0 radical (unpaired) electrons. The second-order valence-electron chi connectivity index (χ2n) is 3.74. The van der Waals surface area contributed by atoms with Crippen LogP contribution in [0.2, 0.25) is 10.0 Å². The van der Waals surface area contributed by atoms with Crippen molar-refractivity contribution in [3.05, 3.63) is 27.7 Å². The van der Waals surface area contributed by atoms with Crippen LogP contribution in [0.1, 0.15) is 31.4 Å². The maximum Gasteiger partial charge on any atom is 0.0546 e. The molecule has 0 saturated carbocycles. The molecule has 82 valence electrons. The highest BCUT2D eigenvalue weighted by Crippen LogP contribution is 2.50. The summed E-state index contributed by atoms with van der Waals surface area (Å²) in [4.78, 5) is 1.08. The van der Waals surface area contributed by atoms with Gasteiger partial charge in [-0.1, -0.05) is 36.5 Å². The number of fused-ring (bicyclic) bond motifs is 1. The molecule has 0 fully saturated rings. The van der Waals surface area contributed by atoms with E-state index in [0.717, 1.165) is 33.3 Å². The summed E-state index contributed by atoms with van der Waals surface area (Å²) in [6.07, 6.45) is 2.24. The lowest BCUT2D eigenvalue weighted by molar-refractivity contribution is 0.630. The summed E-state index contributed by atoms with van der Waals surface area (Å²) < 4.78 is 0. The fourth-order valence-electron chi connectivity index (χ4n) is 1.91. The Hall–Kier alpha value is 0.110. The molecule has 0 spiro atoms. The summed E-state index contributed by atoms with van der Waals surface area (Å²) in [5, 5.41) is 1.93. The summed E-state index contributed by atoms with van der Waals surface area (Å²) in [5.41, 5.74) is 7.22. The highest BCUT2D eigenvalue weighted by atomic mass is 35.5. The highest BCUT2D eigenvalue weighted by molar-refractivity contribution is 8.00. The molecule has 2 unspecified atom stereocenters. The molecule has 0 amide bonds. The molecule has 2 rings (SSSR count). The van der Waals surface area contributed by atoms with Crippen LogP contribution in [0.25, 0.3) is 0 Å². The lowest BCUT2D eigenvalue weighted by atomic mass is 10.0. The maximum atomic E-state index is 6.18. The van der Waals surface area contributed by atoms with E-state index in [9.17, 15) is 0 Å². The second kappa shape index (κ2) is 4.54. The number of nitrogens with two attached hydrogens (primary N) is 1. The number of hydrogen-bond donors (Lipinski definition) is 1. The normalized spacial score (nSPS) is 24.3. The van der Waals surface area contributed by atoms with Gasteiger partial charge in [-0.3, -0.25) is 0 Å². The number of hydrogen-bond acceptors (Lipinski definition) is 2. The van der Waals surface area contributed by atoms with Crippen molar-refractivity contribution in [2.75, 3.05) is 0 Å². The first-order valence-corrected chi connectivity index (χ1v) is 6.68. The van der Waals surface area contributed by atoms with Gasteiger partial charge in [0.05, 0.1) is 5.02 Å². The Morgan fingerprint density at radius 2 is 2.00 bits per heavy atom. The van der Waals surface area contributed by atoms with Crippen LogP contribution in [0.3, 0.4) is 0 Å². The van der Waals surface area contributed by atoms with E-state index in [1.165, 1.54) is 0 Å². The number of benzene rings is 1. The Kier molecular flexibility index (Phi) is 3.51. The van der Waals surface area contributed by atoms with Crippen LogP contribution in [-0.4, -0.2) is 5.25 Å². The van der Waals surface area contributed by atoms with Crippen molar-refractivity contribution in [2.45, 2.75) is 36.0 Å². The third-order valence-corrected chi connectivity index (χ3v) is 4.93. The molecule has 1 aromatic carbocycles. The van der Waals surface area contributed by atoms with E-state index in [4.69, 9.17) is 28.9 Å². The fourth-order valence-corrected chi connectivity index (χ4v) is 4.04. The minimum Gasteiger partial charge on any atom is -0.323 e. The van der Waals surface area contributed by atoms with E-state index in [2.05, 4.69) is 6.92 Å². The number of halogens is 2. The van der Waals surface area contributed by atoms with Crippen molar-refractivity contribution >= 4 is 35.0 Å². The topological polar surface area (TPSA) is 26.0 Å². The van der Waals surface area contributed by atoms with Crippen LogP contribution in [0, 0.1) is 0 Å². The summed E-state index contributed by atoms with van der Waals surface area (Å²) in [6.45, 7) is 2.17. The quantitative estimate of drug-likeness (QED) is 0.861. The number of rotatable bonds is 2. The molecule has 1 heterocycles. The molecule has 2 N–H and O–H groups in total. The van der Waals surface area contributed by atoms with Crippen molar-refractivity contribution in [2.24, 2.45) is 5.73 Å². The average Bonchev–Trinajstić information content (AvgIpc) is 2.53. The molecule has 1 aliphatic rings. The summed E-state index contributed by atoms with van der Waals surface area (Å²) in [7, 11) is 0. The standard InChI is InChI=1S/C11H13Cl2NS/c1-2-3-8-10(14)9-6(12)4-5-7(13)11(9)15-8/h4-5,8,10H,2-3,14H2,1H3. The van der Waals surface area contributed by atoms with Crippen molar-refractivity contribution in [3.8, 4) is 0 Å². The zero-order valence-corrected chi connectivity index (χ0v) is 10.8. The first-order chi connectivity index (χ1) is 7.15. The fraction of sp³-hybridized carbons (Fsp3) is 0.455. The molecule has 4 heteroatoms. The highest BCUT2D eigenvalue weighted by Gasteiger charge is 2.33. The SMILES string of the molecule is CCCC1Sc2c(Cl)ccc(Cl)c2C1N. The van der Waals surface area contributed by atoms with Crippen LogP contribution in [0.5, 0.6) is 0 Å². The van der Waals surface area contributed by atoms with Gasteiger partial charge in [0.2, 0.25) is 0 Å². The van der Waals surface area contributed by atoms with E-state index in [-0.39, 0.29) is 6.04 Å². The van der Waals surface area contributed by atoms with E-state index in [0.29, 0.717) is 5.25 Å². The largest absolute Gasteiger partial charge is 0.323 e. The minimum absolute atomic E-state index is 0.0242. The molecule has 1 aliphatic heterocycles. The molecule has 0 saturated heterocycles. The van der Waals surface area contributed by atoms with Gasteiger partial charge in [-0.25, -0.2) is 0 Å². The van der Waals surface area contributed by atoms with Crippen molar-refractivity contribution < 1.29 is 0 Å². The Bertz CT molecular complexity index is 381. The van der Waals surface area contributed by atoms with Gasteiger partial charge in [-0.05, 0) is 18.6 Å². The van der Waals surface area contributed by atoms with E-state index < -0.39 is 0 Å². The molecule has 2 atom stereocenters. The van der Waals surface area contributed by atoms with Gasteiger partial charge in [0.15, 0.2) is 0 Å². The predicted octanol–water partition coefficient (Wildman–Crippen LogP) is 4.27. The van der Waals surface area contributed by atoms with Gasteiger partial charge in [-0.2, -0.15) is 0 Å². The Balaban J connectivity index is 2.40. The second-order valence-corrected chi connectivity index (χ2v) is 5.81. The molecule has 0 bridgehead atoms. The van der Waals surface area contributed by atoms with Gasteiger partial charge in [0.1, 0.15) is 0 Å². The summed E-state index contributed by atoms with van der Waals surface area (Å²) in [5.74, 6) is 0. The zero-order chi connectivity index (χ0) is 11.0. The van der Waals surface area contributed by atoms with Crippen molar-refractivity contribution in [1.82, 2.24) is 0 Å². The third kappa shape index (κ3) is 2.01. The Morgan fingerprint density at radius 1 is 1.33 bits per heavy atom. The van der Waals surface area contributed by atoms with Gasteiger partial charge in [-0.15, -0.1) is 11.8 Å². The Labute approximate surface area is 104 Å². The van der Waals surface area contributed by atoms with Crippen LogP contribution >= 0.6 is 35.0 Å². The Morgan fingerprint density at radius 3 is 2.60 bits per heavy atom. The van der Waals surface area contributed by atoms with Crippen LogP contribution in [0.15, 0.2) is 17.0 Å². The van der Waals surface area contributed by atoms with E-state index >= 15 is 0 Å². The van der Waals surface area contributed by atoms with Crippen molar-refractivity contribution in [1.29, 1.82) is 0 Å². The molecule has 15 heavy (non-hydrogen) atoms. The van der Waals surface area contributed by atoms with E-state index in [1.54, 1.807) is 11.8 Å². The maximum absolute atomic E-state index is 6.18. The lowest BCUT2D eigenvalue weighted by Crippen LogP contribution is -2.19. The molecular weight excluding hydrogens is 249 g/mol. The van der Waals surface area contributed by atoms with Crippen LogP contribution < -0.4 is 5.73 Å². The van der Waals surface area contributed by atoms with Gasteiger partial charge < -0.3 is 5.73 Å². The van der Waals surface area contributed by atoms with E-state index in [1.807, 2.05) is 12.1 Å². The van der Waals surface area contributed by atoms with Crippen molar-refractivity contribution in [3.63, 3.8) is 0 Å². The minimum atomic E-state index is 0.0242. The first-order valence-electron chi connectivity index (χ1n) is 5.05. The average molecular weight is 262 g/mol. The summed E-state index contributed by atoms with van der Waals surface area (Å²) in [6, 6.07) is 3.70. The van der Waals surface area contributed by atoms with Crippen LogP contribution in [0.4, 0.5) is 0 Å². The smallest absolute Gasteiger partial charge is 0.0546 e. The molecule has 1 aromatic rings. The lowest BCUT2D eigenvalue weighted by Gasteiger charge is -2.13.